The molecule has 0 bridgehead atoms. The van der Waals surface area contributed by atoms with Gasteiger partial charge in [-0.1, -0.05) is 25.8 Å². The zero-order valence-corrected chi connectivity index (χ0v) is 9.25. The van der Waals surface area contributed by atoms with E-state index in [0.29, 0.717) is 0 Å². The Morgan fingerprint density at radius 3 is 2.64 bits per heavy atom. The molecule has 3 heteroatoms. The second-order valence-corrected chi connectivity index (χ2v) is 3.41. The van der Waals surface area contributed by atoms with Crippen molar-refractivity contribution in [2.75, 3.05) is 6.61 Å². The molecule has 0 aliphatic carbocycles. The van der Waals surface area contributed by atoms with Gasteiger partial charge >= 0.3 is 5.97 Å². The minimum atomic E-state index is -1.48. The molecular weight excluding hydrogens is 180 g/mol. The summed E-state index contributed by atoms with van der Waals surface area (Å²) in [5.41, 5.74) is -1.48. The molecular formula is C11H20O3. The molecule has 3 nitrogen and oxygen atoms in total. The van der Waals surface area contributed by atoms with E-state index in [-0.39, 0.29) is 6.61 Å². The Morgan fingerprint density at radius 2 is 2.14 bits per heavy atom. The van der Waals surface area contributed by atoms with E-state index in [1.54, 1.807) is 6.92 Å². The van der Waals surface area contributed by atoms with Gasteiger partial charge in [0, 0.05) is 0 Å². The molecule has 82 valence electrons. The van der Waals surface area contributed by atoms with Crippen LogP contribution in [0.4, 0.5) is 0 Å². The average molecular weight is 200 g/mol. The van der Waals surface area contributed by atoms with Crippen molar-refractivity contribution in [2.45, 2.75) is 45.6 Å². The van der Waals surface area contributed by atoms with Crippen LogP contribution in [0.3, 0.4) is 0 Å². The van der Waals surface area contributed by atoms with Crippen molar-refractivity contribution in [3.8, 4) is 0 Å². The van der Waals surface area contributed by atoms with Crippen molar-refractivity contribution in [2.24, 2.45) is 0 Å². The van der Waals surface area contributed by atoms with Gasteiger partial charge in [-0.2, -0.15) is 0 Å². The van der Waals surface area contributed by atoms with Gasteiger partial charge in [0.25, 0.3) is 0 Å². The number of esters is 1. The van der Waals surface area contributed by atoms with Crippen LogP contribution < -0.4 is 0 Å². The molecule has 14 heavy (non-hydrogen) atoms. The maximum absolute atomic E-state index is 11.2. The van der Waals surface area contributed by atoms with E-state index in [9.17, 15) is 9.90 Å². The molecule has 0 aliphatic rings. The fourth-order valence-electron chi connectivity index (χ4n) is 0.980. The molecule has 0 aromatic rings. The van der Waals surface area contributed by atoms with Gasteiger partial charge < -0.3 is 9.84 Å². The summed E-state index contributed by atoms with van der Waals surface area (Å²) >= 11 is 0. The van der Waals surface area contributed by atoms with Crippen LogP contribution in [0.1, 0.15) is 40.0 Å². The van der Waals surface area contributed by atoms with E-state index in [4.69, 9.17) is 4.74 Å². The van der Waals surface area contributed by atoms with E-state index in [0.717, 1.165) is 19.3 Å². The lowest BCUT2D eigenvalue weighted by atomic mass is 10.1. The zero-order chi connectivity index (χ0) is 11.0. The third kappa shape index (κ3) is 5.02. The van der Waals surface area contributed by atoms with Crippen LogP contribution in [-0.4, -0.2) is 23.3 Å². The highest BCUT2D eigenvalue weighted by Gasteiger charge is 2.28. The minimum Gasteiger partial charge on any atom is -0.464 e. The number of hydrogen-bond donors (Lipinski definition) is 1. The van der Waals surface area contributed by atoms with Crippen LogP contribution in [0.5, 0.6) is 0 Å². The Balaban J connectivity index is 4.04. The lowest BCUT2D eigenvalue weighted by molar-refractivity contribution is -0.158. The number of unbranched alkanes of at least 4 members (excludes halogenated alkanes) is 2. The fourth-order valence-corrected chi connectivity index (χ4v) is 0.980. The number of aliphatic hydroxyl groups is 1. The lowest BCUT2D eigenvalue weighted by Gasteiger charge is -2.16. The van der Waals surface area contributed by atoms with Crippen LogP contribution in [0.25, 0.3) is 0 Å². The largest absolute Gasteiger partial charge is 0.464 e. The summed E-state index contributed by atoms with van der Waals surface area (Å²) in [6.07, 6.45) is 6.37. The summed E-state index contributed by atoms with van der Waals surface area (Å²) < 4.78 is 4.72. The first-order valence-electron chi connectivity index (χ1n) is 5.12. The SMILES string of the molecule is CCCC/C=C/C(C)(O)C(=O)OCC. The molecule has 1 atom stereocenters. The summed E-state index contributed by atoms with van der Waals surface area (Å²) in [5.74, 6) is -0.590. The van der Waals surface area contributed by atoms with Gasteiger partial charge in [0.15, 0.2) is 5.60 Å². The van der Waals surface area contributed by atoms with Crippen LogP contribution in [0.2, 0.25) is 0 Å². The van der Waals surface area contributed by atoms with E-state index in [1.165, 1.54) is 13.0 Å². The van der Waals surface area contributed by atoms with Crippen molar-refractivity contribution in [3.63, 3.8) is 0 Å². The molecule has 1 unspecified atom stereocenters. The van der Waals surface area contributed by atoms with Gasteiger partial charge in [-0.25, -0.2) is 4.79 Å². The number of allylic oxidation sites excluding steroid dienone is 1. The standard InChI is InChI=1S/C11H20O3/c1-4-6-7-8-9-11(3,13)10(12)14-5-2/h8-9,13H,4-7H2,1-3H3/b9-8+. The number of rotatable bonds is 6. The third-order valence-corrected chi connectivity index (χ3v) is 1.86. The third-order valence-electron chi connectivity index (χ3n) is 1.86. The van der Waals surface area contributed by atoms with Crippen LogP contribution in [0.15, 0.2) is 12.2 Å². The highest BCUT2D eigenvalue weighted by Crippen LogP contribution is 2.09. The Hall–Kier alpha value is -0.830. The molecule has 0 heterocycles. The number of hydrogen-bond acceptors (Lipinski definition) is 3. The summed E-state index contributed by atoms with van der Waals surface area (Å²) in [7, 11) is 0. The molecule has 0 radical (unpaired) electrons. The summed E-state index contributed by atoms with van der Waals surface area (Å²) in [6.45, 7) is 5.54. The van der Waals surface area contributed by atoms with Gasteiger partial charge in [0.1, 0.15) is 0 Å². The van der Waals surface area contributed by atoms with Crippen molar-refractivity contribution >= 4 is 5.97 Å². The Kier molecular flexibility index (Phi) is 6.21. The topological polar surface area (TPSA) is 46.5 Å². The normalized spacial score (nSPS) is 15.4. The predicted molar refractivity (Wildman–Crippen MR) is 55.9 cm³/mol. The number of ether oxygens (including phenoxy) is 1. The van der Waals surface area contributed by atoms with Crippen molar-refractivity contribution in [1.29, 1.82) is 0 Å². The molecule has 0 saturated carbocycles. The van der Waals surface area contributed by atoms with Crippen molar-refractivity contribution in [3.05, 3.63) is 12.2 Å². The fraction of sp³-hybridized carbons (Fsp3) is 0.727. The molecule has 0 aromatic carbocycles. The molecule has 0 amide bonds. The van der Waals surface area contributed by atoms with Crippen molar-refractivity contribution in [1.82, 2.24) is 0 Å². The Bertz CT molecular complexity index is 195. The van der Waals surface area contributed by atoms with Crippen LogP contribution >= 0.6 is 0 Å². The van der Waals surface area contributed by atoms with E-state index < -0.39 is 11.6 Å². The monoisotopic (exact) mass is 200 g/mol. The summed E-state index contributed by atoms with van der Waals surface area (Å²) in [6, 6.07) is 0. The number of carbonyl (C=O) groups excluding carboxylic acids is 1. The first kappa shape index (κ1) is 13.2. The van der Waals surface area contributed by atoms with E-state index in [2.05, 4.69) is 6.92 Å². The van der Waals surface area contributed by atoms with Gasteiger partial charge in [0.05, 0.1) is 6.61 Å². The minimum absolute atomic E-state index is 0.289. The molecule has 1 N–H and O–H groups in total. The first-order chi connectivity index (χ1) is 6.54. The first-order valence-corrected chi connectivity index (χ1v) is 5.12. The molecule has 0 fully saturated rings. The van der Waals surface area contributed by atoms with Gasteiger partial charge in [-0.15, -0.1) is 0 Å². The van der Waals surface area contributed by atoms with Crippen molar-refractivity contribution < 1.29 is 14.6 Å². The number of carbonyl (C=O) groups is 1. The maximum Gasteiger partial charge on any atom is 0.341 e. The molecule has 0 aromatic heterocycles. The highest BCUT2D eigenvalue weighted by atomic mass is 16.5. The van der Waals surface area contributed by atoms with E-state index >= 15 is 0 Å². The molecule has 0 aliphatic heterocycles. The molecule has 0 spiro atoms. The van der Waals surface area contributed by atoms with Crippen LogP contribution in [-0.2, 0) is 9.53 Å². The molecule has 0 saturated heterocycles. The Morgan fingerprint density at radius 1 is 1.50 bits per heavy atom. The second kappa shape index (κ2) is 6.60. The molecule has 0 rings (SSSR count). The van der Waals surface area contributed by atoms with E-state index in [1.807, 2.05) is 6.08 Å². The zero-order valence-electron chi connectivity index (χ0n) is 9.25. The second-order valence-electron chi connectivity index (χ2n) is 3.41. The predicted octanol–water partition coefficient (Wildman–Crippen LogP) is 2.05. The maximum atomic E-state index is 11.2. The van der Waals surface area contributed by atoms with Gasteiger partial charge in [-0.05, 0) is 26.3 Å². The van der Waals surface area contributed by atoms with Gasteiger partial charge in [-0.3, -0.25) is 0 Å². The Labute approximate surface area is 85.8 Å². The summed E-state index contributed by atoms with van der Waals surface area (Å²) in [5, 5.41) is 9.65. The average Bonchev–Trinajstić information content (AvgIpc) is 2.13. The van der Waals surface area contributed by atoms with Gasteiger partial charge in [0.2, 0.25) is 0 Å². The van der Waals surface area contributed by atoms with Crippen LogP contribution in [0, 0.1) is 0 Å². The highest BCUT2D eigenvalue weighted by molar-refractivity contribution is 5.81. The summed E-state index contributed by atoms with van der Waals surface area (Å²) in [4.78, 5) is 11.2. The lowest BCUT2D eigenvalue weighted by Crippen LogP contribution is -2.34. The smallest absolute Gasteiger partial charge is 0.341 e. The quantitative estimate of drug-likeness (QED) is 0.405.